The van der Waals surface area contributed by atoms with Crippen LogP contribution in [0.3, 0.4) is 0 Å². The van der Waals surface area contributed by atoms with E-state index in [0.29, 0.717) is 30.5 Å². The molecule has 1 aliphatic rings. The summed E-state index contributed by atoms with van der Waals surface area (Å²) >= 11 is 0. The number of nitrogens with two attached hydrogens (primary N) is 1. The van der Waals surface area contributed by atoms with Crippen molar-refractivity contribution in [1.82, 2.24) is 15.8 Å². The first-order chi connectivity index (χ1) is 13.6. The first-order valence-electron chi connectivity index (χ1n) is 9.86. The Morgan fingerprint density at radius 3 is 2.83 bits per heavy atom. The average molecular weight is 425 g/mol. The van der Waals surface area contributed by atoms with Crippen molar-refractivity contribution >= 4 is 18.3 Å². The predicted molar refractivity (Wildman–Crippen MR) is 113 cm³/mol. The maximum atomic E-state index is 13.4. The maximum absolute atomic E-state index is 13.4. The van der Waals surface area contributed by atoms with Crippen LogP contribution >= 0.6 is 12.4 Å². The first-order valence-corrected chi connectivity index (χ1v) is 9.86. The highest BCUT2D eigenvalue weighted by atomic mass is 35.5. The number of nitrogens with one attached hydrogen (secondary N) is 2. The molecule has 2 unspecified atom stereocenters. The fourth-order valence-corrected chi connectivity index (χ4v) is 3.59. The van der Waals surface area contributed by atoms with Gasteiger partial charge in [-0.1, -0.05) is 25.0 Å². The third kappa shape index (κ3) is 6.54. The van der Waals surface area contributed by atoms with E-state index < -0.39 is 0 Å². The molecular formula is C21H30ClFN4O2. The maximum Gasteiger partial charge on any atom is 0.256 e. The molecule has 2 heterocycles. The third-order valence-electron chi connectivity index (χ3n) is 5.23. The number of hydrogen-bond donors (Lipinski definition) is 3. The van der Waals surface area contributed by atoms with E-state index in [2.05, 4.69) is 10.9 Å². The van der Waals surface area contributed by atoms with Gasteiger partial charge < -0.3 is 15.1 Å². The van der Waals surface area contributed by atoms with Crippen molar-refractivity contribution in [3.63, 3.8) is 0 Å². The fourth-order valence-electron chi connectivity index (χ4n) is 3.59. The van der Waals surface area contributed by atoms with Gasteiger partial charge >= 0.3 is 0 Å². The van der Waals surface area contributed by atoms with Crippen molar-refractivity contribution in [3.8, 4) is 0 Å². The van der Waals surface area contributed by atoms with Crippen molar-refractivity contribution in [3.05, 3.63) is 59.3 Å². The smallest absolute Gasteiger partial charge is 0.256 e. The van der Waals surface area contributed by atoms with Gasteiger partial charge in [0.25, 0.3) is 5.91 Å². The highest BCUT2D eigenvalue weighted by molar-refractivity contribution is 5.93. The second kappa shape index (κ2) is 11.3. The molecule has 3 rings (SSSR count). The molecule has 1 amide bonds. The van der Waals surface area contributed by atoms with Crippen LogP contribution in [0.1, 0.15) is 59.8 Å². The number of nitrogens with zero attached hydrogens (tertiary/aromatic N) is 1. The summed E-state index contributed by atoms with van der Waals surface area (Å²) in [6, 6.07) is 8.99. The molecule has 0 spiro atoms. The minimum absolute atomic E-state index is 0. The van der Waals surface area contributed by atoms with Crippen LogP contribution < -0.4 is 16.6 Å². The number of benzene rings is 1. The van der Waals surface area contributed by atoms with Gasteiger partial charge in [-0.3, -0.25) is 15.6 Å². The number of unbranched alkanes of at least 4 members (excludes halogenated alkanes) is 2. The van der Waals surface area contributed by atoms with E-state index in [1.807, 2.05) is 13.1 Å². The predicted octanol–water partition coefficient (Wildman–Crippen LogP) is 3.54. The van der Waals surface area contributed by atoms with E-state index in [1.165, 1.54) is 12.3 Å². The van der Waals surface area contributed by atoms with Gasteiger partial charge in [-0.2, -0.15) is 0 Å². The number of carbonyl (C=O) groups excluding carboxylic acids is 1. The van der Waals surface area contributed by atoms with E-state index in [4.69, 9.17) is 10.2 Å². The number of hydrazine groups is 1. The normalized spacial score (nSPS) is 18.4. The summed E-state index contributed by atoms with van der Waals surface area (Å²) in [5, 5.41) is 0. The third-order valence-corrected chi connectivity index (χ3v) is 5.23. The van der Waals surface area contributed by atoms with Crippen LogP contribution in [-0.4, -0.2) is 30.4 Å². The molecular weight excluding hydrogens is 395 g/mol. The molecule has 2 atom stereocenters. The molecule has 2 aromatic rings. The number of rotatable bonds is 9. The largest absolute Gasteiger partial charge is 0.467 e. The Labute approximate surface area is 177 Å². The van der Waals surface area contributed by atoms with Crippen LogP contribution in [0.5, 0.6) is 0 Å². The quantitative estimate of drug-likeness (QED) is 0.536. The summed E-state index contributed by atoms with van der Waals surface area (Å²) < 4.78 is 18.6. The number of hydrogen-bond acceptors (Lipinski definition) is 5. The lowest BCUT2D eigenvalue weighted by molar-refractivity contribution is 0.0791. The molecule has 0 saturated carbocycles. The van der Waals surface area contributed by atoms with Crippen LogP contribution in [0.15, 0.2) is 41.0 Å². The zero-order valence-corrected chi connectivity index (χ0v) is 17.5. The minimum atomic E-state index is -0.198. The molecule has 160 valence electrons. The molecule has 29 heavy (non-hydrogen) atoms. The summed E-state index contributed by atoms with van der Waals surface area (Å²) in [4.78, 5) is 14.0. The summed E-state index contributed by atoms with van der Waals surface area (Å²) in [6.07, 6.45) is 6.57. The molecule has 1 fully saturated rings. The zero-order valence-electron chi connectivity index (χ0n) is 16.7. The number of carbonyl (C=O) groups is 1. The molecule has 8 heteroatoms. The Hall–Kier alpha value is -1.93. The Morgan fingerprint density at radius 2 is 2.10 bits per heavy atom. The summed E-state index contributed by atoms with van der Waals surface area (Å²) in [7, 11) is 1.81. The van der Waals surface area contributed by atoms with Crippen molar-refractivity contribution in [2.45, 2.75) is 50.7 Å². The molecule has 1 aromatic heterocycles. The zero-order chi connectivity index (χ0) is 19.9. The van der Waals surface area contributed by atoms with Crippen LogP contribution in [0.4, 0.5) is 4.39 Å². The van der Waals surface area contributed by atoms with Gasteiger partial charge in [-0.25, -0.2) is 4.39 Å². The molecule has 0 radical (unpaired) electrons. The molecule has 1 saturated heterocycles. The van der Waals surface area contributed by atoms with E-state index in [9.17, 15) is 9.18 Å². The minimum Gasteiger partial charge on any atom is -0.467 e. The van der Waals surface area contributed by atoms with Crippen molar-refractivity contribution < 1.29 is 13.6 Å². The summed E-state index contributed by atoms with van der Waals surface area (Å²) in [6.45, 7) is 1.01. The fraction of sp³-hybridized carbons (Fsp3) is 0.476. The Kier molecular flexibility index (Phi) is 9.10. The Morgan fingerprint density at radius 1 is 1.28 bits per heavy atom. The van der Waals surface area contributed by atoms with Gasteiger partial charge in [0.1, 0.15) is 17.8 Å². The lowest BCUT2D eigenvalue weighted by Crippen LogP contribution is -2.30. The van der Waals surface area contributed by atoms with Gasteiger partial charge in [-0.05, 0) is 43.0 Å². The second-order valence-corrected chi connectivity index (χ2v) is 7.41. The monoisotopic (exact) mass is 424 g/mol. The molecule has 1 aliphatic heterocycles. The van der Waals surface area contributed by atoms with E-state index in [1.54, 1.807) is 23.1 Å². The molecule has 4 N–H and O–H groups in total. The van der Waals surface area contributed by atoms with Crippen LogP contribution in [-0.2, 0) is 6.54 Å². The van der Waals surface area contributed by atoms with E-state index in [0.717, 1.165) is 37.7 Å². The Bertz CT molecular complexity index is 786. The second-order valence-electron chi connectivity index (χ2n) is 7.41. The van der Waals surface area contributed by atoms with Gasteiger partial charge in [0.05, 0.1) is 12.1 Å². The average Bonchev–Trinajstić information content (AvgIpc) is 3.36. The summed E-state index contributed by atoms with van der Waals surface area (Å²) in [5.41, 5.74) is 13.6. The molecule has 0 bridgehead atoms. The number of halogens is 2. The van der Waals surface area contributed by atoms with Crippen molar-refractivity contribution in [2.24, 2.45) is 5.73 Å². The number of furan rings is 1. The van der Waals surface area contributed by atoms with Crippen LogP contribution in [0, 0.1) is 5.82 Å². The molecule has 1 aromatic carbocycles. The van der Waals surface area contributed by atoms with Gasteiger partial charge in [0.15, 0.2) is 0 Å². The van der Waals surface area contributed by atoms with Gasteiger partial charge in [0.2, 0.25) is 0 Å². The topological polar surface area (TPSA) is 83.5 Å². The standard InChI is InChI=1S/C21H29FN4O2.ClH/c1-26(21(27)16-11-19(13-23)28-14-16)9-4-2-3-8-18-12-20(25-24-18)15-6-5-7-17(22)10-15;/h5-7,10-11,14,18,20,24-25H,2-4,8-9,12-13,23H2,1H3;1H. The van der Waals surface area contributed by atoms with Crippen molar-refractivity contribution in [1.29, 1.82) is 0 Å². The van der Waals surface area contributed by atoms with Crippen LogP contribution in [0.25, 0.3) is 0 Å². The highest BCUT2D eigenvalue weighted by Gasteiger charge is 2.24. The molecule has 6 nitrogen and oxygen atoms in total. The lowest BCUT2D eigenvalue weighted by atomic mass is 9.99. The molecule has 0 aliphatic carbocycles. The van der Waals surface area contributed by atoms with Gasteiger partial charge in [-0.15, -0.1) is 12.4 Å². The first kappa shape index (κ1) is 23.3. The van der Waals surface area contributed by atoms with Crippen LogP contribution in [0.2, 0.25) is 0 Å². The summed E-state index contributed by atoms with van der Waals surface area (Å²) in [5.74, 6) is 0.380. The SMILES string of the molecule is CN(CCCCCC1CC(c2cccc(F)c2)NN1)C(=O)c1coc(CN)c1.Cl. The van der Waals surface area contributed by atoms with E-state index >= 15 is 0 Å². The highest BCUT2D eigenvalue weighted by Crippen LogP contribution is 2.25. The lowest BCUT2D eigenvalue weighted by Gasteiger charge is -2.16. The van der Waals surface area contributed by atoms with Gasteiger partial charge in [0, 0.05) is 25.7 Å². The number of amides is 1. The Balaban J connectivity index is 0.00000300. The van der Waals surface area contributed by atoms with E-state index in [-0.39, 0.29) is 30.2 Å². The van der Waals surface area contributed by atoms with Crippen molar-refractivity contribution in [2.75, 3.05) is 13.6 Å².